The van der Waals surface area contributed by atoms with Crippen molar-refractivity contribution >= 4 is 17.2 Å². The molecule has 26 heavy (non-hydrogen) atoms. The molecule has 0 heterocycles. The standard InChI is InChI=1S/C19H9ClF4N2/c20-18-15(9-26)13(4-5-16(18)19(22,23)24)14-3-1-2-10-6-12(21)7-11(8-25)17(10)14/h3-7H,1-2H2. The molecular formula is C19H9ClF4N2. The number of aryl methyl sites for hydroxylation is 1. The van der Waals surface area contributed by atoms with E-state index >= 15 is 0 Å². The highest BCUT2D eigenvalue weighted by Crippen LogP contribution is 2.42. The van der Waals surface area contributed by atoms with Crippen molar-refractivity contribution in [1.29, 1.82) is 10.5 Å². The summed E-state index contributed by atoms with van der Waals surface area (Å²) in [5.41, 5.74) is 0.228. The van der Waals surface area contributed by atoms with E-state index in [4.69, 9.17) is 11.6 Å². The summed E-state index contributed by atoms with van der Waals surface area (Å²) < 4.78 is 52.8. The molecule has 0 bridgehead atoms. The summed E-state index contributed by atoms with van der Waals surface area (Å²) in [5, 5.41) is 18.0. The summed E-state index contributed by atoms with van der Waals surface area (Å²) in [6.07, 6.45) is -1.98. The zero-order valence-corrected chi connectivity index (χ0v) is 13.8. The Morgan fingerprint density at radius 3 is 2.42 bits per heavy atom. The molecular weight excluding hydrogens is 368 g/mol. The number of halogens is 5. The Morgan fingerprint density at radius 2 is 1.81 bits per heavy atom. The third kappa shape index (κ3) is 2.94. The lowest BCUT2D eigenvalue weighted by Crippen LogP contribution is -2.10. The first-order valence-electron chi connectivity index (χ1n) is 7.51. The number of nitrogens with zero attached hydrogens (tertiary/aromatic N) is 2. The molecule has 2 aromatic carbocycles. The van der Waals surface area contributed by atoms with Gasteiger partial charge in [-0.2, -0.15) is 23.7 Å². The van der Waals surface area contributed by atoms with E-state index in [1.807, 2.05) is 6.07 Å². The maximum absolute atomic E-state index is 13.7. The van der Waals surface area contributed by atoms with Gasteiger partial charge in [-0.1, -0.05) is 23.7 Å². The Labute approximate surface area is 151 Å². The van der Waals surface area contributed by atoms with Crippen LogP contribution in [-0.2, 0) is 12.6 Å². The van der Waals surface area contributed by atoms with E-state index in [-0.39, 0.29) is 16.7 Å². The Morgan fingerprint density at radius 1 is 1.08 bits per heavy atom. The smallest absolute Gasteiger partial charge is 0.207 e. The summed E-state index contributed by atoms with van der Waals surface area (Å²) in [4.78, 5) is 0. The Balaban J connectivity index is 2.28. The van der Waals surface area contributed by atoms with Crippen LogP contribution in [0.2, 0.25) is 5.02 Å². The molecule has 0 N–H and O–H groups in total. The molecule has 1 aliphatic carbocycles. The molecule has 0 saturated carbocycles. The lowest BCUT2D eigenvalue weighted by molar-refractivity contribution is -0.137. The highest BCUT2D eigenvalue weighted by atomic mass is 35.5. The second-order valence-corrected chi connectivity index (χ2v) is 6.09. The minimum atomic E-state index is -4.69. The van der Waals surface area contributed by atoms with Gasteiger partial charge in [-0.05, 0) is 42.2 Å². The van der Waals surface area contributed by atoms with Crippen molar-refractivity contribution < 1.29 is 17.6 Å². The molecule has 130 valence electrons. The lowest BCUT2D eigenvalue weighted by atomic mass is 9.82. The van der Waals surface area contributed by atoms with Crippen LogP contribution in [0.15, 0.2) is 30.3 Å². The molecule has 0 spiro atoms. The average molecular weight is 377 g/mol. The molecule has 2 nitrogen and oxygen atoms in total. The van der Waals surface area contributed by atoms with Gasteiger partial charge >= 0.3 is 6.18 Å². The Bertz CT molecular complexity index is 1020. The van der Waals surface area contributed by atoms with Gasteiger partial charge in [-0.15, -0.1) is 0 Å². The second kappa shape index (κ2) is 6.48. The summed E-state index contributed by atoms with van der Waals surface area (Å²) in [5.74, 6) is -0.562. The molecule has 0 radical (unpaired) electrons. The Kier molecular flexibility index (Phi) is 4.48. The third-order valence-corrected chi connectivity index (χ3v) is 4.58. The van der Waals surface area contributed by atoms with Gasteiger partial charge < -0.3 is 0 Å². The monoisotopic (exact) mass is 376 g/mol. The van der Waals surface area contributed by atoms with E-state index in [1.165, 1.54) is 12.1 Å². The van der Waals surface area contributed by atoms with Crippen molar-refractivity contribution in [3.8, 4) is 12.1 Å². The van der Waals surface area contributed by atoms with Crippen molar-refractivity contribution in [3.63, 3.8) is 0 Å². The minimum absolute atomic E-state index is 0.0610. The van der Waals surface area contributed by atoms with Gasteiger partial charge in [0.2, 0.25) is 0 Å². The van der Waals surface area contributed by atoms with E-state index in [0.717, 1.165) is 12.1 Å². The summed E-state index contributed by atoms with van der Waals surface area (Å²) >= 11 is 5.85. The first-order valence-corrected chi connectivity index (χ1v) is 7.89. The number of allylic oxidation sites excluding steroid dienone is 1. The van der Waals surface area contributed by atoms with Crippen LogP contribution >= 0.6 is 11.6 Å². The molecule has 7 heteroatoms. The minimum Gasteiger partial charge on any atom is -0.207 e. The normalized spacial score (nSPS) is 13.4. The quantitative estimate of drug-likeness (QED) is 0.606. The molecule has 0 aromatic heterocycles. The average Bonchev–Trinajstić information content (AvgIpc) is 2.58. The molecule has 0 aliphatic heterocycles. The van der Waals surface area contributed by atoms with Gasteiger partial charge in [-0.3, -0.25) is 0 Å². The van der Waals surface area contributed by atoms with Gasteiger partial charge in [0.25, 0.3) is 0 Å². The lowest BCUT2D eigenvalue weighted by Gasteiger charge is -2.21. The van der Waals surface area contributed by atoms with Crippen LogP contribution in [0.4, 0.5) is 17.6 Å². The number of nitriles is 2. The van der Waals surface area contributed by atoms with Crippen molar-refractivity contribution in [2.45, 2.75) is 19.0 Å². The second-order valence-electron chi connectivity index (χ2n) is 5.71. The van der Waals surface area contributed by atoms with Crippen LogP contribution in [-0.4, -0.2) is 0 Å². The topological polar surface area (TPSA) is 47.6 Å². The fourth-order valence-corrected chi connectivity index (χ4v) is 3.43. The number of rotatable bonds is 1. The molecule has 0 atom stereocenters. The molecule has 0 saturated heterocycles. The summed E-state index contributed by atoms with van der Waals surface area (Å²) in [6, 6.07) is 7.96. The molecule has 0 fully saturated rings. The maximum Gasteiger partial charge on any atom is 0.417 e. The molecule has 0 amide bonds. The van der Waals surface area contributed by atoms with Gasteiger partial charge in [-0.25, -0.2) is 4.39 Å². The number of hydrogen-bond donors (Lipinski definition) is 0. The van der Waals surface area contributed by atoms with Crippen LogP contribution in [0.3, 0.4) is 0 Å². The fraction of sp³-hybridized carbons (Fsp3) is 0.158. The SMILES string of the molecule is N#Cc1cc(F)cc2c1C(c1ccc(C(F)(F)F)c(Cl)c1C#N)=CCC2. The molecule has 1 aliphatic rings. The van der Waals surface area contributed by atoms with E-state index in [0.29, 0.717) is 29.5 Å². The van der Waals surface area contributed by atoms with E-state index in [1.54, 1.807) is 12.1 Å². The predicted molar refractivity (Wildman–Crippen MR) is 87.7 cm³/mol. The highest BCUT2D eigenvalue weighted by molar-refractivity contribution is 6.33. The number of benzene rings is 2. The first-order chi connectivity index (χ1) is 12.3. The largest absolute Gasteiger partial charge is 0.417 e. The van der Waals surface area contributed by atoms with Crippen molar-refractivity contribution in [1.82, 2.24) is 0 Å². The third-order valence-electron chi connectivity index (χ3n) is 4.19. The van der Waals surface area contributed by atoms with Gasteiger partial charge in [0.05, 0.1) is 27.8 Å². The van der Waals surface area contributed by atoms with Gasteiger partial charge in [0.1, 0.15) is 11.9 Å². The van der Waals surface area contributed by atoms with Crippen molar-refractivity contribution in [2.75, 3.05) is 0 Å². The van der Waals surface area contributed by atoms with Crippen molar-refractivity contribution in [3.05, 3.63) is 74.6 Å². The van der Waals surface area contributed by atoms with Gasteiger partial charge in [0, 0.05) is 11.1 Å². The van der Waals surface area contributed by atoms with Crippen LogP contribution in [0, 0.1) is 28.5 Å². The number of fused-ring (bicyclic) bond motifs is 1. The van der Waals surface area contributed by atoms with E-state index in [2.05, 4.69) is 0 Å². The van der Waals surface area contributed by atoms with Gasteiger partial charge in [0.15, 0.2) is 0 Å². The van der Waals surface area contributed by atoms with Crippen molar-refractivity contribution in [2.24, 2.45) is 0 Å². The Hall–Kier alpha value is -2.83. The number of hydrogen-bond acceptors (Lipinski definition) is 2. The zero-order valence-electron chi connectivity index (χ0n) is 13.1. The fourth-order valence-electron chi connectivity index (χ4n) is 3.11. The molecule has 2 aromatic rings. The maximum atomic E-state index is 13.7. The molecule has 3 rings (SSSR count). The number of alkyl halides is 3. The van der Waals surface area contributed by atoms with Crippen LogP contribution in [0.5, 0.6) is 0 Å². The van der Waals surface area contributed by atoms with Crippen LogP contribution in [0.1, 0.15) is 39.8 Å². The van der Waals surface area contributed by atoms with E-state index < -0.39 is 22.6 Å². The summed E-state index contributed by atoms with van der Waals surface area (Å²) in [6.45, 7) is 0. The first kappa shape index (κ1) is 18.0. The van der Waals surface area contributed by atoms with Crippen LogP contribution in [0.25, 0.3) is 5.57 Å². The van der Waals surface area contributed by atoms with Crippen LogP contribution < -0.4 is 0 Å². The van der Waals surface area contributed by atoms with E-state index in [9.17, 15) is 28.1 Å². The zero-order chi connectivity index (χ0) is 19.1. The summed E-state index contributed by atoms with van der Waals surface area (Å²) in [7, 11) is 0. The highest BCUT2D eigenvalue weighted by Gasteiger charge is 2.35. The predicted octanol–water partition coefficient (Wildman–Crippen LogP) is 5.62. The molecule has 0 unspecified atom stereocenters.